The van der Waals surface area contributed by atoms with Crippen LogP contribution in [0.25, 0.3) is 22.0 Å². The van der Waals surface area contributed by atoms with Gasteiger partial charge in [-0.15, -0.1) is 0 Å². The normalized spacial score (nSPS) is 24.2. The third kappa shape index (κ3) is 10.4. The van der Waals surface area contributed by atoms with E-state index in [1.54, 1.807) is 0 Å². The number of ketones is 1. The van der Waals surface area contributed by atoms with Crippen molar-refractivity contribution in [1.29, 1.82) is 0 Å². The maximum atomic E-state index is 14.1. The lowest BCUT2D eigenvalue weighted by atomic mass is 9.90. The molecule has 1 aliphatic carbocycles. The predicted molar refractivity (Wildman–Crippen MR) is 217 cm³/mol. The number of carbonyl (C=O) groups excluding carboxylic acids is 2. The minimum absolute atomic E-state index is 0.0595. The molecule has 0 radical (unpaired) electrons. The van der Waals surface area contributed by atoms with Crippen molar-refractivity contribution in [2.75, 3.05) is 26.2 Å². The van der Waals surface area contributed by atoms with Gasteiger partial charge in [-0.3, -0.25) is 14.4 Å². The van der Waals surface area contributed by atoms with Gasteiger partial charge in [0.15, 0.2) is 0 Å². The molecular formula is C43H65N5O4Si. The zero-order valence-electron chi connectivity index (χ0n) is 33.1. The first-order valence-corrected chi connectivity index (χ1v) is 24.6. The maximum absolute atomic E-state index is 14.1. The number of carbonyl (C=O) groups is 2. The first kappa shape index (κ1) is 39.6. The first-order valence-electron chi connectivity index (χ1n) is 20.9. The number of Topliss-reactive ketones (excluding diaryl/α,β-unsaturated/α-hetero) is 1. The van der Waals surface area contributed by atoms with E-state index in [1.165, 1.54) is 25.7 Å². The minimum Gasteiger partial charge on any atom is -0.361 e. The van der Waals surface area contributed by atoms with Crippen LogP contribution in [0.15, 0.2) is 41.5 Å². The number of rotatable bonds is 12. The number of aromatic nitrogens is 3. The fraction of sp³-hybridized carbons (Fsp3) is 0.674. The minimum atomic E-state index is -1.30. The van der Waals surface area contributed by atoms with Gasteiger partial charge in [-0.05, 0) is 99.6 Å². The second-order valence-corrected chi connectivity index (χ2v) is 23.2. The quantitative estimate of drug-likeness (QED) is 0.147. The number of hydrogen-bond acceptors (Lipinski definition) is 6. The van der Waals surface area contributed by atoms with Crippen LogP contribution in [0.5, 0.6) is 0 Å². The van der Waals surface area contributed by atoms with Crippen molar-refractivity contribution in [2.45, 2.75) is 148 Å². The van der Waals surface area contributed by atoms with Crippen molar-refractivity contribution in [3.05, 3.63) is 52.8 Å². The van der Waals surface area contributed by atoms with Gasteiger partial charge >= 0.3 is 0 Å². The number of aryl methyl sites for hydroxylation is 1. The number of ether oxygens (including phenoxy) is 1. The molecule has 1 N–H and O–H groups in total. The molecule has 8 aliphatic rings. The summed E-state index contributed by atoms with van der Waals surface area (Å²) in [6, 6.07) is 8.96. The van der Waals surface area contributed by atoms with Gasteiger partial charge in [0.1, 0.15) is 18.3 Å². The van der Waals surface area contributed by atoms with Gasteiger partial charge in [0.25, 0.3) is 5.56 Å². The third-order valence-corrected chi connectivity index (χ3v) is 14.0. The Morgan fingerprint density at radius 3 is 2.47 bits per heavy atom. The Hall–Kier alpha value is -3.08. The van der Waals surface area contributed by atoms with Gasteiger partial charge in [0.2, 0.25) is 5.91 Å². The summed E-state index contributed by atoms with van der Waals surface area (Å²) in [6.07, 6.45) is 18.8. The van der Waals surface area contributed by atoms with Gasteiger partial charge in [-0.1, -0.05) is 71.2 Å². The summed E-state index contributed by atoms with van der Waals surface area (Å²) < 4.78 is 10.4. The number of amides is 1. The van der Waals surface area contributed by atoms with Gasteiger partial charge in [0.05, 0.1) is 17.9 Å². The molecule has 0 unspecified atom stereocenters. The van der Waals surface area contributed by atoms with Crippen LogP contribution in [0.1, 0.15) is 115 Å². The van der Waals surface area contributed by atoms with Crippen LogP contribution in [0.2, 0.25) is 25.7 Å². The largest absolute Gasteiger partial charge is 0.361 e. The molecule has 1 spiro atoms. The average molecular weight is 744 g/mol. The van der Waals surface area contributed by atoms with E-state index in [4.69, 9.17) is 9.72 Å². The molecule has 10 heteroatoms. The molecule has 2 aromatic heterocycles. The Morgan fingerprint density at radius 1 is 0.962 bits per heavy atom. The van der Waals surface area contributed by atoms with Crippen molar-refractivity contribution in [2.24, 2.45) is 11.3 Å². The number of unbranched alkanes of at least 4 members (excludes halogenated alkanes) is 2. The monoisotopic (exact) mass is 743 g/mol. The molecule has 8 bridgehead atoms. The number of piperidine rings is 1. The molecule has 1 saturated carbocycles. The molecular weight excluding hydrogens is 679 g/mol. The van der Waals surface area contributed by atoms with Gasteiger partial charge in [-0.25, -0.2) is 4.98 Å². The first-order chi connectivity index (χ1) is 25.6. The highest BCUT2D eigenvalue weighted by molar-refractivity contribution is 6.76. The molecule has 1 saturated heterocycles. The SMILES string of the molecule is CCC(=O)CCCCC[C@@H]1NC(=O)[C@H]2CC23CCN(CCCCCCCCn2ccc4cc(ccc4c2=O)-c2cnc1n2COCC[Si](C)(C)C)CC3. The lowest BCUT2D eigenvalue weighted by molar-refractivity contribution is -0.124. The van der Waals surface area contributed by atoms with E-state index < -0.39 is 8.07 Å². The van der Waals surface area contributed by atoms with Gasteiger partial charge < -0.3 is 24.1 Å². The van der Waals surface area contributed by atoms with Crippen LogP contribution in [-0.2, 0) is 27.6 Å². The van der Waals surface area contributed by atoms with E-state index in [9.17, 15) is 14.4 Å². The van der Waals surface area contributed by atoms with Gasteiger partial charge in [-0.2, -0.15) is 0 Å². The zero-order chi connectivity index (χ0) is 37.4. The van der Waals surface area contributed by atoms with Crippen LogP contribution < -0.4 is 10.9 Å². The van der Waals surface area contributed by atoms with Crippen molar-refractivity contribution in [3.8, 4) is 11.3 Å². The van der Waals surface area contributed by atoms with Crippen molar-refractivity contribution >= 4 is 30.5 Å². The number of pyridine rings is 1. The van der Waals surface area contributed by atoms with Crippen LogP contribution >= 0.6 is 0 Å². The lowest BCUT2D eigenvalue weighted by Gasteiger charge is -2.33. The number of nitrogens with zero attached hydrogens (tertiary/aromatic N) is 4. The van der Waals surface area contributed by atoms with E-state index in [1.807, 2.05) is 36.0 Å². The fourth-order valence-corrected chi connectivity index (χ4v) is 9.33. The molecule has 11 rings (SSSR count). The molecule has 9 nitrogen and oxygen atoms in total. The standard InChI is InChI=1S/C43H65N5O4Si/c1-5-35(49)15-11-10-12-16-38-40-44-31-39(48(40)32-52-27-28-53(2,3)4)34-17-18-36-33(29-34)19-24-47(42(36)51)23-14-9-7-6-8-13-22-46-25-20-43(21-26-46)30-37(43)41(50)45-38/h17-19,24,29,31,37-38H,5-16,20-23,25-28,30,32H2,1-4H3,(H,45,50)/t37-,38+/m1/s1. The average Bonchev–Trinajstić information content (AvgIpc) is 3.68. The molecule has 1 aromatic carbocycles. The summed E-state index contributed by atoms with van der Waals surface area (Å²) in [5.41, 5.74) is 2.10. The number of nitrogens with one attached hydrogen (secondary N) is 1. The molecule has 7 aliphatic heterocycles. The summed E-state index contributed by atoms with van der Waals surface area (Å²) in [7, 11) is -1.30. The predicted octanol–water partition coefficient (Wildman–Crippen LogP) is 8.72. The summed E-state index contributed by atoms with van der Waals surface area (Å²) >= 11 is 0. The number of hydrogen-bond donors (Lipinski definition) is 1. The Bertz CT molecular complexity index is 1750. The van der Waals surface area contributed by atoms with Crippen LogP contribution in [0.3, 0.4) is 0 Å². The second-order valence-electron chi connectivity index (χ2n) is 17.5. The van der Waals surface area contributed by atoms with Crippen molar-refractivity contribution < 1.29 is 14.3 Å². The van der Waals surface area contributed by atoms with Crippen LogP contribution in [-0.4, -0.2) is 65.0 Å². The highest BCUT2D eigenvalue weighted by atomic mass is 28.3. The number of imidazole rings is 1. The summed E-state index contributed by atoms with van der Waals surface area (Å²) in [6.45, 7) is 14.1. The smallest absolute Gasteiger partial charge is 0.258 e. The summed E-state index contributed by atoms with van der Waals surface area (Å²) in [5, 5.41) is 5.16. The summed E-state index contributed by atoms with van der Waals surface area (Å²) in [4.78, 5) is 47.3. The van der Waals surface area contributed by atoms with E-state index in [-0.39, 0.29) is 28.8 Å². The van der Waals surface area contributed by atoms with E-state index in [2.05, 4.69) is 46.6 Å². The zero-order valence-corrected chi connectivity index (χ0v) is 34.1. The maximum Gasteiger partial charge on any atom is 0.258 e. The van der Waals surface area contributed by atoms with Gasteiger partial charge in [0, 0.05) is 57.1 Å². The molecule has 9 heterocycles. The van der Waals surface area contributed by atoms with Crippen molar-refractivity contribution in [1.82, 2.24) is 24.3 Å². The van der Waals surface area contributed by atoms with Crippen LogP contribution in [0, 0.1) is 11.3 Å². The Morgan fingerprint density at radius 2 is 1.72 bits per heavy atom. The molecule has 3 aromatic rings. The topological polar surface area (TPSA) is 98.5 Å². The number of benzene rings is 1. The second kappa shape index (κ2) is 18.0. The molecule has 2 atom stereocenters. The van der Waals surface area contributed by atoms with Crippen molar-refractivity contribution in [3.63, 3.8) is 0 Å². The Kier molecular flexibility index (Phi) is 13.5. The lowest BCUT2D eigenvalue weighted by Crippen LogP contribution is -2.38. The Labute approximate surface area is 318 Å². The highest BCUT2D eigenvalue weighted by Crippen LogP contribution is 2.59. The Balaban J connectivity index is 1.31. The molecule has 53 heavy (non-hydrogen) atoms. The van der Waals surface area contributed by atoms with Crippen LogP contribution in [0.4, 0.5) is 0 Å². The van der Waals surface area contributed by atoms with E-state index >= 15 is 0 Å². The molecule has 290 valence electrons. The summed E-state index contributed by atoms with van der Waals surface area (Å²) in [5.74, 6) is 1.34. The highest BCUT2D eigenvalue weighted by Gasteiger charge is 2.58. The molecule has 2 fully saturated rings. The van der Waals surface area contributed by atoms with E-state index in [0.717, 1.165) is 118 Å². The van der Waals surface area contributed by atoms with E-state index in [0.29, 0.717) is 32.0 Å². The molecule has 1 amide bonds. The third-order valence-electron chi connectivity index (χ3n) is 12.3. The fourth-order valence-electron chi connectivity index (χ4n) is 8.57.